The first-order chi connectivity index (χ1) is 12.8. The summed E-state index contributed by atoms with van der Waals surface area (Å²) in [6.45, 7) is 0. The van der Waals surface area contributed by atoms with Gasteiger partial charge in [-0.1, -0.05) is 0 Å². The van der Waals surface area contributed by atoms with Crippen LogP contribution in [-0.4, -0.2) is 8.07 Å². The maximum absolute atomic E-state index is 2.42. The summed E-state index contributed by atoms with van der Waals surface area (Å²) in [4.78, 5) is 0. The Kier molecular flexibility index (Phi) is 10.7. The van der Waals surface area contributed by atoms with Crippen molar-refractivity contribution in [1.29, 1.82) is 0 Å². The molecule has 0 saturated carbocycles. The minimum atomic E-state index is -2.13. The van der Waals surface area contributed by atoms with E-state index in [-0.39, 0.29) is 37.2 Å². The molecule has 146 valence electrons. The first-order valence-electron chi connectivity index (χ1n) is 9.07. The van der Waals surface area contributed by atoms with E-state index >= 15 is 0 Å². The topological polar surface area (TPSA) is 0 Å². The van der Waals surface area contributed by atoms with Crippen LogP contribution in [0.15, 0.2) is 113 Å². The molecule has 4 rings (SSSR count). The molecule has 0 bridgehead atoms. The monoisotopic (exact) mass is 490 g/mol. The summed E-state index contributed by atoms with van der Waals surface area (Å²) in [6, 6.07) is 34.6. The van der Waals surface area contributed by atoms with Crippen molar-refractivity contribution in [3.63, 3.8) is 0 Å². The third kappa shape index (κ3) is 5.55. The van der Waals surface area contributed by atoms with E-state index in [0.29, 0.717) is 0 Å². The van der Waals surface area contributed by atoms with Crippen molar-refractivity contribution in [2.45, 2.75) is 12.5 Å². The first-order valence-corrected chi connectivity index (χ1v) is 12.1. The van der Waals surface area contributed by atoms with Crippen LogP contribution in [0.1, 0.15) is 6.42 Å². The van der Waals surface area contributed by atoms with E-state index in [4.69, 9.17) is 0 Å². The van der Waals surface area contributed by atoms with E-state index in [2.05, 4.69) is 124 Å². The summed E-state index contributed by atoms with van der Waals surface area (Å²) in [5, 5.41) is 4.45. The molecule has 0 amide bonds. The average Bonchev–Trinajstić information content (AvgIpc) is 3.13. The molecule has 0 spiro atoms. The predicted octanol–water partition coefficient (Wildman–Crippen LogP) is -5.07. The molecular formula is C24H21Cl3SiTi. The van der Waals surface area contributed by atoms with Crippen molar-refractivity contribution in [3.05, 3.63) is 113 Å². The number of allylic oxidation sites excluding steroid dienone is 4. The molecule has 0 fully saturated rings. The molecule has 0 radical (unpaired) electrons. The SMILES string of the molecule is [Cl-].[Cl-].[Cl-].[Ti+3][C]1=CC(C[Si](c2ccccc2)(c2ccccc2)c2ccccc2)=CC1. The molecule has 0 atom stereocenters. The van der Waals surface area contributed by atoms with Crippen molar-refractivity contribution >= 4 is 23.6 Å². The van der Waals surface area contributed by atoms with Gasteiger partial charge in [-0.25, -0.2) is 0 Å². The van der Waals surface area contributed by atoms with Gasteiger partial charge in [0.25, 0.3) is 0 Å². The van der Waals surface area contributed by atoms with Crippen molar-refractivity contribution in [2.24, 2.45) is 0 Å². The molecule has 0 aromatic heterocycles. The minimum absolute atomic E-state index is 0. The van der Waals surface area contributed by atoms with Crippen molar-refractivity contribution < 1.29 is 57.7 Å². The second-order valence-corrected chi connectivity index (χ2v) is 11.7. The summed E-state index contributed by atoms with van der Waals surface area (Å²) in [5.74, 6) is 0. The second kappa shape index (κ2) is 12.0. The van der Waals surface area contributed by atoms with E-state index in [1.165, 1.54) is 25.0 Å². The molecule has 1 aliphatic rings. The summed E-state index contributed by atoms with van der Waals surface area (Å²) in [7, 11) is -2.13. The van der Waals surface area contributed by atoms with Gasteiger partial charge in [-0.3, -0.25) is 0 Å². The van der Waals surface area contributed by atoms with E-state index in [1.807, 2.05) is 0 Å². The van der Waals surface area contributed by atoms with Crippen LogP contribution >= 0.6 is 0 Å². The molecule has 0 saturated heterocycles. The number of hydrogen-bond acceptors (Lipinski definition) is 0. The van der Waals surface area contributed by atoms with E-state index < -0.39 is 8.07 Å². The Morgan fingerprint density at radius 3 is 1.31 bits per heavy atom. The Morgan fingerprint density at radius 2 is 1.00 bits per heavy atom. The Morgan fingerprint density at radius 1 is 0.621 bits per heavy atom. The van der Waals surface area contributed by atoms with Crippen molar-refractivity contribution in [1.82, 2.24) is 0 Å². The van der Waals surface area contributed by atoms with Gasteiger partial charge in [-0.15, -0.1) is 0 Å². The molecule has 0 N–H and O–H groups in total. The maximum atomic E-state index is 2.42. The van der Waals surface area contributed by atoms with Gasteiger partial charge in [0.15, 0.2) is 0 Å². The number of halogens is 3. The van der Waals surface area contributed by atoms with Gasteiger partial charge in [-0.2, -0.15) is 0 Å². The van der Waals surface area contributed by atoms with Gasteiger partial charge in [0.05, 0.1) is 0 Å². The van der Waals surface area contributed by atoms with E-state index in [1.54, 1.807) is 0 Å². The second-order valence-electron chi connectivity index (χ2n) is 6.83. The third-order valence-corrected chi connectivity index (χ3v) is 10.7. The quantitative estimate of drug-likeness (QED) is 0.248. The summed E-state index contributed by atoms with van der Waals surface area (Å²) >= 11 is 2.24. The van der Waals surface area contributed by atoms with Crippen LogP contribution in [0.3, 0.4) is 0 Å². The predicted molar refractivity (Wildman–Crippen MR) is 110 cm³/mol. The normalized spacial score (nSPS) is 12.6. The molecule has 3 aromatic rings. The molecule has 0 nitrogen and oxygen atoms in total. The Bertz CT molecular complexity index is 845. The molecule has 0 unspecified atom stereocenters. The fraction of sp³-hybridized carbons (Fsp3) is 0.0833. The zero-order chi connectivity index (χ0) is 17.8. The van der Waals surface area contributed by atoms with Crippen molar-refractivity contribution in [2.75, 3.05) is 0 Å². The number of benzene rings is 3. The van der Waals surface area contributed by atoms with E-state index in [0.717, 1.165) is 12.5 Å². The fourth-order valence-electron chi connectivity index (χ4n) is 3.99. The molecule has 3 aromatic carbocycles. The van der Waals surface area contributed by atoms with Crippen LogP contribution in [-0.2, 0) is 20.4 Å². The molecule has 1 aliphatic carbocycles. The van der Waals surface area contributed by atoms with Crippen LogP contribution in [0.4, 0.5) is 0 Å². The van der Waals surface area contributed by atoms with Gasteiger partial charge in [0.1, 0.15) is 0 Å². The standard InChI is InChI=1S/C24H21Si.3ClH.Ti/c1-4-14-22(15-5-1)25(20-21-12-10-11-13-21,23-16-6-2-7-17-23)24-18-8-3-9-19-24;;;;/h1-9,12-19H,10,20H2;3*1H;/q;;;;+3/p-3. The van der Waals surface area contributed by atoms with E-state index in [9.17, 15) is 0 Å². The van der Waals surface area contributed by atoms with Crippen molar-refractivity contribution in [3.8, 4) is 0 Å². The van der Waals surface area contributed by atoms with Gasteiger partial charge in [0.2, 0.25) is 0 Å². The van der Waals surface area contributed by atoms with Crippen LogP contribution < -0.4 is 52.8 Å². The fourth-order valence-corrected chi connectivity index (χ4v) is 9.19. The molecular weight excluding hydrogens is 471 g/mol. The molecule has 5 heteroatoms. The molecule has 0 aliphatic heterocycles. The van der Waals surface area contributed by atoms with Crippen LogP contribution in [0.2, 0.25) is 6.04 Å². The Labute approximate surface area is 205 Å². The number of hydrogen-bond donors (Lipinski definition) is 0. The molecule has 29 heavy (non-hydrogen) atoms. The van der Waals surface area contributed by atoms with Gasteiger partial charge >= 0.3 is 169 Å². The van der Waals surface area contributed by atoms with Crippen LogP contribution in [0, 0.1) is 0 Å². The number of rotatable bonds is 5. The van der Waals surface area contributed by atoms with Crippen LogP contribution in [0.5, 0.6) is 0 Å². The Balaban J connectivity index is 0.00000140. The zero-order valence-electron chi connectivity index (χ0n) is 15.9. The summed E-state index contributed by atoms with van der Waals surface area (Å²) < 4.78 is 1.47. The third-order valence-electron chi connectivity index (χ3n) is 5.21. The zero-order valence-corrected chi connectivity index (χ0v) is 20.7. The molecule has 0 heterocycles. The summed E-state index contributed by atoms with van der Waals surface area (Å²) in [6.07, 6.45) is 5.92. The van der Waals surface area contributed by atoms with Gasteiger partial charge in [0, 0.05) is 0 Å². The Hall–Kier alpha value is -1.06. The van der Waals surface area contributed by atoms with Gasteiger partial charge < -0.3 is 37.2 Å². The first kappa shape index (κ1) is 26.0. The van der Waals surface area contributed by atoms with Crippen LogP contribution in [0.25, 0.3) is 0 Å². The summed E-state index contributed by atoms with van der Waals surface area (Å²) in [5.41, 5.74) is 1.49. The van der Waals surface area contributed by atoms with Gasteiger partial charge in [-0.05, 0) is 0 Å². The average molecular weight is 492 g/mol.